The van der Waals surface area contributed by atoms with Crippen LogP contribution < -0.4 is 15.0 Å². The maximum absolute atomic E-state index is 14.2. The highest BCUT2D eigenvalue weighted by Gasteiger charge is 2.45. The molecule has 0 aliphatic heterocycles. The zero-order chi connectivity index (χ0) is 24.0. The van der Waals surface area contributed by atoms with Crippen LogP contribution in [0, 0.1) is 0 Å². The number of rotatable bonds is 9. The quantitative estimate of drug-likeness (QED) is 0.337. The van der Waals surface area contributed by atoms with E-state index in [-0.39, 0.29) is 17.3 Å². The molecule has 3 rings (SSSR count). The Kier molecular flexibility index (Phi) is 8.45. The second-order valence-electron chi connectivity index (χ2n) is 6.94. The van der Waals surface area contributed by atoms with Crippen molar-refractivity contribution in [2.24, 2.45) is 0 Å². The Morgan fingerprint density at radius 1 is 1.18 bits per heavy atom. The summed E-state index contributed by atoms with van der Waals surface area (Å²) < 4.78 is 33.5. The molecule has 0 fully saturated rings. The number of halogens is 4. The lowest BCUT2D eigenvalue weighted by Gasteiger charge is -2.32. The van der Waals surface area contributed by atoms with Gasteiger partial charge >= 0.3 is 10.7 Å². The molecular formula is C23H20BrClF2N2O3S. The van der Waals surface area contributed by atoms with Gasteiger partial charge in [0.25, 0.3) is 0 Å². The number of hydrogen-bond donors (Lipinski definition) is 1. The number of alkyl halides is 3. The summed E-state index contributed by atoms with van der Waals surface area (Å²) >= 11 is 9.51. The molecule has 10 heteroatoms. The first-order valence-electron chi connectivity index (χ1n) is 9.81. The van der Waals surface area contributed by atoms with E-state index in [4.69, 9.17) is 16.3 Å². The number of hydrogen-bond acceptors (Lipinski definition) is 4. The van der Waals surface area contributed by atoms with Gasteiger partial charge in [-0.2, -0.15) is 8.78 Å². The number of ether oxygens (including phenoxy) is 1. The molecule has 1 N–H and O–H groups in total. The highest BCUT2D eigenvalue weighted by molar-refractivity contribution is 9.10. The lowest BCUT2D eigenvalue weighted by molar-refractivity contribution is -0.134. The minimum absolute atomic E-state index is 0.0292. The van der Waals surface area contributed by atoms with Crippen LogP contribution in [0.15, 0.2) is 66.0 Å². The van der Waals surface area contributed by atoms with Crippen molar-refractivity contribution in [3.05, 3.63) is 81.5 Å². The Morgan fingerprint density at radius 3 is 2.48 bits per heavy atom. The smallest absolute Gasteiger partial charge is 0.378 e. The zero-order valence-electron chi connectivity index (χ0n) is 17.4. The monoisotopic (exact) mass is 556 g/mol. The molecule has 0 spiro atoms. The van der Waals surface area contributed by atoms with E-state index in [9.17, 15) is 18.4 Å². The highest BCUT2D eigenvalue weighted by Crippen LogP contribution is 2.38. The van der Waals surface area contributed by atoms with Crippen molar-refractivity contribution in [1.82, 2.24) is 5.32 Å². The van der Waals surface area contributed by atoms with E-state index < -0.39 is 22.7 Å². The number of thiophene rings is 1. The van der Waals surface area contributed by atoms with Gasteiger partial charge in [-0.25, -0.2) is 0 Å². The molecule has 0 aliphatic rings. The van der Waals surface area contributed by atoms with Crippen molar-refractivity contribution >= 4 is 56.4 Å². The average Bonchev–Trinajstić information content (AvgIpc) is 3.31. The van der Waals surface area contributed by atoms with Gasteiger partial charge in [0.15, 0.2) is 0 Å². The summed E-state index contributed by atoms with van der Waals surface area (Å²) in [7, 11) is 1.41. The zero-order valence-corrected chi connectivity index (χ0v) is 20.6. The number of methoxy groups -OCH3 is 1. The van der Waals surface area contributed by atoms with E-state index >= 15 is 0 Å². The highest BCUT2D eigenvalue weighted by atomic mass is 79.9. The molecule has 2 amide bonds. The summed E-state index contributed by atoms with van der Waals surface area (Å²) in [6, 6.07) is 15.6. The maximum atomic E-state index is 14.2. The Balaban J connectivity index is 1.97. The van der Waals surface area contributed by atoms with E-state index in [2.05, 4.69) is 21.2 Å². The predicted octanol–water partition coefficient (Wildman–Crippen LogP) is 5.83. The van der Waals surface area contributed by atoms with Crippen LogP contribution in [-0.4, -0.2) is 30.3 Å². The number of carbonyl (C=O) groups is 2. The molecule has 5 nitrogen and oxygen atoms in total. The van der Waals surface area contributed by atoms with Crippen molar-refractivity contribution in [3.8, 4) is 5.75 Å². The fourth-order valence-corrected chi connectivity index (χ4v) is 4.47. The molecule has 3 aromatic rings. The molecule has 0 saturated carbocycles. The molecule has 1 aromatic heterocycles. The van der Waals surface area contributed by atoms with Crippen LogP contribution in [0.25, 0.3) is 0 Å². The van der Waals surface area contributed by atoms with Crippen LogP contribution in [0.4, 0.5) is 14.5 Å². The van der Waals surface area contributed by atoms with E-state index in [1.54, 1.807) is 17.5 Å². The minimum Gasteiger partial charge on any atom is -0.495 e. The largest absolute Gasteiger partial charge is 0.495 e. The molecule has 0 bridgehead atoms. The van der Waals surface area contributed by atoms with Crippen molar-refractivity contribution < 1.29 is 23.1 Å². The molecule has 2 aromatic carbocycles. The van der Waals surface area contributed by atoms with Crippen molar-refractivity contribution in [2.45, 2.75) is 17.3 Å². The first-order chi connectivity index (χ1) is 15.7. The number of carbonyl (C=O) groups excluding carboxylic acids is 2. The van der Waals surface area contributed by atoms with E-state index in [1.165, 1.54) is 36.6 Å². The molecule has 0 radical (unpaired) electrons. The lowest BCUT2D eigenvalue weighted by atomic mass is 10.1. The number of nitrogens with one attached hydrogen (secondary N) is 1. The summed E-state index contributed by atoms with van der Waals surface area (Å²) in [5.74, 6) is -1.89. The summed E-state index contributed by atoms with van der Waals surface area (Å²) in [5, 5.41) is 4.58. The SMILES string of the molecule is COc1ccc(N(C(=O)C(F)(F)Br)C(C(=O)NCCc2ccccc2)c2cccs2)cc1Cl. The Morgan fingerprint density at radius 2 is 1.91 bits per heavy atom. The van der Waals surface area contributed by atoms with Crippen LogP contribution >= 0.6 is 38.9 Å². The maximum Gasteiger partial charge on any atom is 0.378 e. The summed E-state index contributed by atoms with van der Waals surface area (Å²) in [4.78, 5) is 23.4. The first-order valence-corrected chi connectivity index (χ1v) is 11.9. The molecule has 1 unspecified atom stereocenters. The van der Waals surface area contributed by atoms with Gasteiger partial charge in [-0.3, -0.25) is 14.5 Å². The van der Waals surface area contributed by atoms with Crippen molar-refractivity contribution in [3.63, 3.8) is 0 Å². The van der Waals surface area contributed by atoms with Gasteiger partial charge in [0, 0.05) is 33.0 Å². The van der Waals surface area contributed by atoms with Crippen LogP contribution in [0.2, 0.25) is 5.02 Å². The molecular weight excluding hydrogens is 538 g/mol. The second kappa shape index (κ2) is 11.1. The van der Waals surface area contributed by atoms with E-state index in [0.29, 0.717) is 17.0 Å². The van der Waals surface area contributed by atoms with E-state index in [0.717, 1.165) is 10.5 Å². The predicted molar refractivity (Wildman–Crippen MR) is 130 cm³/mol. The molecule has 1 atom stereocenters. The third-order valence-electron chi connectivity index (χ3n) is 4.75. The second-order valence-corrected chi connectivity index (χ2v) is 9.32. The first kappa shape index (κ1) is 25.1. The van der Waals surface area contributed by atoms with Crippen LogP contribution in [0.5, 0.6) is 5.75 Å². The Hall–Kier alpha value is -2.49. The number of anilines is 1. The molecule has 33 heavy (non-hydrogen) atoms. The molecule has 0 aliphatic carbocycles. The Labute approximate surface area is 207 Å². The summed E-state index contributed by atoms with van der Waals surface area (Å²) in [5.41, 5.74) is 1.04. The van der Waals surface area contributed by atoms with Gasteiger partial charge in [0.05, 0.1) is 12.1 Å². The van der Waals surface area contributed by atoms with Gasteiger partial charge in [0.1, 0.15) is 11.8 Å². The molecule has 0 saturated heterocycles. The van der Waals surface area contributed by atoms with Crippen LogP contribution in [0.3, 0.4) is 0 Å². The normalized spacial score (nSPS) is 12.2. The number of benzene rings is 2. The van der Waals surface area contributed by atoms with Crippen molar-refractivity contribution in [2.75, 3.05) is 18.6 Å². The van der Waals surface area contributed by atoms with Crippen molar-refractivity contribution in [1.29, 1.82) is 0 Å². The Bertz CT molecular complexity index is 1090. The molecule has 174 valence electrons. The van der Waals surface area contributed by atoms with Gasteiger partial charge < -0.3 is 10.1 Å². The topological polar surface area (TPSA) is 58.6 Å². The fourth-order valence-electron chi connectivity index (χ4n) is 3.22. The van der Waals surface area contributed by atoms with Crippen LogP contribution in [-0.2, 0) is 16.0 Å². The standard InChI is InChI=1S/C23H20BrClF2N2O3S/c1-32-18-10-9-16(14-17(18)25)29(22(31)23(24,26)27)20(19-8-5-13-33-19)21(30)28-12-11-15-6-3-2-4-7-15/h2-10,13-14,20H,11-12H2,1H3,(H,28,30). The third kappa shape index (κ3) is 6.31. The van der Waals surface area contributed by atoms with Gasteiger partial charge in [-0.1, -0.05) is 48.0 Å². The number of amides is 2. The average molecular weight is 558 g/mol. The van der Waals surface area contributed by atoms with Gasteiger partial charge in [0.2, 0.25) is 5.91 Å². The summed E-state index contributed by atoms with van der Waals surface area (Å²) in [6.45, 7) is 0.265. The number of nitrogens with zero attached hydrogens (tertiary/aromatic N) is 1. The third-order valence-corrected chi connectivity index (χ3v) is 6.31. The summed E-state index contributed by atoms with van der Waals surface area (Å²) in [6.07, 6.45) is 0.542. The van der Waals surface area contributed by atoms with E-state index in [1.807, 2.05) is 30.3 Å². The molecule has 1 heterocycles. The van der Waals surface area contributed by atoms with Crippen LogP contribution in [0.1, 0.15) is 16.5 Å². The lowest BCUT2D eigenvalue weighted by Crippen LogP contribution is -2.48. The minimum atomic E-state index is -3.90. The fraction of sp³-hybridized carbons (Fsp3) is 0.217. The van der Waals surface area contributed by atoms with Gasteiger partial charge in [-0.05, 0) is 41.6 Å². The van der Waals surface area contributed by atoms with Gasteiger partial charge in [-0.15, -0.1) is 11.3 Å².